The number of rotatable bonds is 1. The van der Waals surface area contributed by atoms with Gasteiger partial charge in [0, 0.05) is 26.9 Å². The van der Waals surface area contributed by atoms with Crippen LogP contribution in [-0.2, 0) is 9.59 Å². The molecule has 2 amide bonds. The molecule has 4 nitrogen and oxygen atoms in total. The van der Waals surface area contributed by atoms with Gasteiger partial charge in [-0.1, -0.05) is 0 Å². The van der Waals surface area contributed by atoms with Crippen molar-refractivity contribution in [1.82, 2.24) is 9.80 Å². The molecule has 90 valence electrons. The molecule has 4 heteroatoms. The highest BCUT2D eigenvalue weighted by Gasteiger charge is 2.39. The number of hydrogen-bond acceptors (Lipinski definition) is 2. The summed E-state index contributed by atoms with van der Waals surface area (Å²) in [6, 6.07) is 0.535. The first kappa shape index (κ1) is 11.4. The average Bonchev–Trinajstić information content (AvgIpc) is 2.85. The molecular formula is C12H20N2O2. The summed E-state index contributed by atoms with van der Waals surface area (Å²) in [6.45, 7) is 4.99. The van der Waals surface area contributed by atoms with Gasteiger partial charge < -0.3 is 9.80 Å². The zero-order valence-electron chi connectivity index (χ0n) is 10.1. The van der Waals surface area contributed by atoms with E-state index < -0.39 is 0 Å². The minimum Gasteiger partial charge on any atom is -0.338 e. The van der Waals surface area contributed by atoms with Crippen LogP contribution < -0.4 is 0 Å². The Balaban J connectivity index is 2.11. The smallest absolute Gasteiger partial charge is 0.219 e. The molecule has 2 aliphatic rings. The Morgan fingerprint density at radius 1 is 0.875 bits per heavy atom. The fourth-order valence-corrected chi connectivity index (χ4v) is 3.17. The van der Waals surface area contributed by atoms with Gasteiger partial charge in [-0.15, -0.1) is 0 Å². The number of hydrogen-bond donors (Lipinski definition) is 0. The molecule has 0 N–H and O–H groups in total. The maximum Gasteiger partial charge on any atom is 0.219 e. The number of likely N-dealkylation sites (tertiary alicyclic amines) is 2. The second kappa shape index (κ2) is 4.44. The largest absolute Gasteiger partial charge is 0.338 e. The topological polar surface area (TPSA) is 40.6 Å². The van der Waals surface area contributed by atoms with Crippen molar-refractivity contribution in [2.24, 2.45) is 0 Å². The van der Waals surface area contributed by atoms with Crippen LogP contribution in [0, 0.1) is 0 Å². The third kappa shape index (κ3) is 1.93. The summed E-state index contributed by atoms with van der Waals surface area (Å²) in [7, 11) is 0. The molecule has 0 aliphatic carbocycles. The van der Waals surface area contributed by atoms with Crippen LogP contribution in [0.2, 0.25) is 0 Å². The minimum absolute atomic E-state index is 0.151. The summed E-state index contributed by atoms with van der Waals surface area (Å²) in [5.74, 6) is 0.302. The Morgan fingerprint density at radius 3 is 1.56 bits per heavy atom. The molecule has 2 saturated heterocycles. The lowest BCUT2D eigenvalue weighted by molar-refractivity contribution is -0.135. The molecule has 2 heterocycles. The Kier molecular flexibility index (Phi) is 3.17. The van der Waals surface area contributed by atoms with E-state index in [4.69, 9.17) is 0 Å². The van der Waals surface area contributed by atoms with Crippen molar-refractivity contribution in [1.29, 1.82) is 0 Å². The van der Waals surface area contributed by atoms with Crippen molar-refractivity contribution in [2.45, 2.75) is 51.6 Å². The van der Waals surface area contributed by atoms with E-state index in [1.54, 1.807) is 13.8 Å². The van der Waals surface area contributed by atoms with Crippen LogP contribution in [-0.4, -0.2) is 46.8 Å². The average molecular weight is 224 g/mol. The Bertz CT molecular complexity index is 273. The fourth-order valence-electron chi connectivity index (χ4n) is 3.17. The first-order chi connectivity index (χ1) is 7.61. The van der Waals surface area contributed by atoms with Crippen LogP contribution in [0.15, 0.2) is 0 Å². The van der Waals surface area contributed by atoms with Crippen molar-refractivity contribution in [3.63, 3.8) is 0 Å². The summed E-state index contributed by atoms with van der Waals surface area (Å²) in [4.78, 5) is 26.9. The van der Waals surface area contributed by atoms with Crippen LogP contribution in [0.4, 0.5) is 0 Å². The second-order valence-electron chi connectivity index (χ2n) is 4.84. The van der Waals surface area contributed by atoms with E-state index >= 15 is 0 Å². The van der Waals surface area contributed by atoms with Gasteiger partial charge in [0.15, 0.2) is 0 Å². The van der Waals surface area contributed by atoms with Crippen LogP contribution >= 0.6 is 0 Å². The first-order valence-electron chi connectivity index (χ1n) is 6.15. The lowest BCUT2D eigenvalue weighted by Gasteiger charge is -2.34. The number of nitrogens with zero attached hydrogens (tertiary/aromatic N) is 2. The van der Waals surface area contributed by atoms with Crippen molar-refractivity contribution >= 4 is 11.8 Å². The molecule has 2 aliphatic heterocycles. The molecule has 16 heavy (non-hydrogen) atoms. The number of amides is 2. The molecule has 2 rings (SSSR count). The van der Waals surface area contributed by atoms with Gasteiger partial charge in [0.25, 0.3) is 0 Å². The maximum absolute atomic E-state index is 11.5. The summed E-state index contributed by atoms with van der Waals surface area (Å²) >= 11 is 0. The van der Waals surface area contributed by atoms with Crippen LogP contribution in [0.1, 0.15) is 39.5 Å². The van der Waals surface area contributed by atoms with Gasteiger partial charge >= 0.3 is 0 Å². The quantitative estimate of drug-likeness (QED) is 0.667. The van der Waals surface area contributed by atoms with Gasteiger partial charge in [0.1, 0.15) is 0 Å². The zero-order valence-corrected chi connectivity index (χ0v) is 10.1. The Hall–Kier alpha value is -1.06. The van der Waals surface area contributed by atoms with E-state index in [0.717, 1.165) is 38.8 Å². The minimum atomic E-state index is 0.151. The molecular weight excluding hydrogens is 204 g/mol. The molecule has 0 aromatic carbocycles. The van der Waals surface area contributed by atoms with E-state index in [1.165, 1.54) is 0 Å². The van der Waals surface area contributed by atoms with Gasteiger partial charge in [0.2, 0.25) is 11.8 Å². The number of carbonyl (C=O) groups excluding carboxylic acids is 2. The third-order valence-corrected chi connectivity index (χ3v) is 3.85. The second-order valence-corrected chi connectivity index (χ2v) is 4.84. The zero-order chi connectivity index (χ0) is 11.7. The molecule has 0 spiro atoms. The Labute approximate surface area is 96.6 Å². The van der Waals surface area contributed by atoms with Crippen molar-refractivity contribution in [2.75, 3.05) is 13.1 Å². The standard InChI is InChI=1S/C12H20N2O2/c1-9(15)13-7-3-5-11(13)12-6-4-8-14(12)10(2)16/h11-12H,3-8H2,1-2H3. The monoisotopic (exact) mass is 224 g/mol. The van der Waals surface area contributed by atoms with Crippen LogP contribution in [0.5, 0.6) is 0 Å². The molecule has 2 atom stereocenters. The van der Waals surface area contributed by atoms with E-state index in [2.05, 4.69) is 0 Å². The number of carbonyl (C=O) groups is 2. The van der Waals surface area contributed by atoms with Crippen molar-refractivity contribution < 1.29 is 9.59 Å². The van der Waals surface area contributed by atoms with Gasteiger partial charge in [-0.3, -0.25) is 9.59 Å². The summed E-state index contributed by atoms with van der Waals surface area (Å²) < 4.78 is 0. The molecule has 2 fully saturated rings. The first-order valence-corrected chi connectivity index (χ1v) is 6.15. The van der Waals surface area contributed by atoms with Gasteiger partial charge in [-0.2, -0.15) is 0 Å². The third-order valence-electron chi connectivity index (χ3n) is 3.85. The summed E-state index contributed by atoms with van der Waals surface area (Å²) in [5, 5.41) is 0. The molecule has 2 unspecified atom stereocenters. The normalized spacial score (nSPS) is 29.9. The SMILES string of the molecule is CC(=O)N1CCCC1C1CCCN1C(C)=O. The van der Waals surface area contributed by atoms with E-state index in [0.29, 0.717) is 0 Å². The molecule has 0 aromatic heterocycles. The van der Waals surface area contributed by atoms with E-state index in [1.807, 2.05) is 9.80 Å². The van der Waals surface area contributed by atoms with Crippen molar-refractivity contribution in [3.05, 3.63) is 0 Å². The summed E-state index contributed by atoms with van der Waals surface area (Å²) in [5.41, 5.74) is 0. The predicted octanol–water partition coefficient (Wildman–Crippen LogP) is 1.01. The lowest BCUT2D eigenvalue weighted by atomic mass is 10.0. The van der Waals surface area contributed by atoms with Crippen LogP contribution in [0.3, 0.4) is 0 Å². The molecule has 0 saturated carbocycles. The maximum atomic E-state index is 11.5. The van der Waals surface area contributed by atoms with E-state index in [9.17, 15) is 9.59 Å². The molecule has 0 radical (unpaired) electrons. The molecule has 0 bridgehead atoms. The Morgan fingerprint density at radius 2 is 1.25 bits per heavy atom. The van der Waals surface area contributed by atoms with Gasteiger partial charge in [-0.25, -0.2) is 0 Å². The van der Waals surface area contributed by atoms with Crippen LogP contribution in [0.25, 0.3) is 0 Å². The highest BCUT2D eigenvalue weighted by Crippen LogP contribution is 2.29. The van der Waals surface area contributed by atoms with E-state index in [-0.39, 0.29) is 23.9 Å². The lowest BCUT2D eigenvalue weighted by Crippen LogP contribution is -2.49. The highest BCUT2D eigenvalue weighted by atomic mass is 16.2. The van der Waals surface area contributed by atoms with Gasteiger partial charge in [-0.05, 0) is 25.7 Å². The predicted molar refractivity (Wildman–Crippen MR) is 60.8 cm³/mol. The highest BCUT2D eigenvalue weighted by molar-refractivity contribution is 5.75. The summed E-state index contributed by atoms with van der Waals surface area (Å²) in [6.07, 6.45) is 4.25. The molecule has 0 aromatic rings. The van der Waals surface area contributed by atoms with Gasteiger partial charge in [0.05, 0.1) is 12.1 Å². The van der Waals surface area contributed by atoms with Crippen molar-refractivity contribution in [3.8, 4) is 0 Å². The fraction of sp³-hybridized carbons (Fsp3) is 0.833.